The van der Waals surface area contributed by atoms with Gasteiger partial charge in [0.2, 0.25) is 5.91 Å². The predicted molar refractivity (Wildman–Crippen MR) is 117 cm³/mol. The van der Waals surface area contributed by atoms with Crippen LogP contribution in [0, 0.1) is 0 Å². The highest BCUT2D eigenvalue weighted by atomic mass is 16.5. The van der Waals surface area contributed by atoms with E-state index in [0.717, 1.165) is 22.1 Å². The largest absolute Gasteiger partial charge is 0.492 e. The molecule has 4 rings (SSSR count). The maximum Gasteiger partial charge on any atom is 0.249 e. The lowest BCUT2D eigenvalue weighted by Crippen LogP contribution is -2.12. The number of benzene rings is 2. The summed E-state index contributed by atoms with van der Waals surface area (Å²) in [6.45, 7) is 2.38. The van der Waals surface area contributed by atoms with E-state index in [9.17, 15) is 4.79 Å². The van der Waals surface area contributed by atoms with Gasteiger partial charge in [-0.3, -0.25) is 9.78 Å². The zero-order chi connectivity index (χ0) is 21.1. The van der Waals surface area contributed by atoms with Crippen LogP contribution in [0.1, 0.15) is 17.3 Å². The summed E-state index contributed by atoms with van der Waals surface area (Å²) >= 11 is 0. The molecule has 1 amide bonds. The molecule has 2 aromatic carbocycles. The van der Waals surface area contributed by atoms with Crippen LogP contribution in [0.5, 0.6) is 5.75 Å². The van der Waals surface area contributed by atoms with Crippen molar-refractivity contribution in [3.63, 3.8) is 0 Å². The number of hydrogen-bond acceptors (Lipinski definition) is 6. The van der Waals surface area contributed by atoms with E-state index < -0.39 is 5.91 Å². The average molecular weight is 399 g/mol. The van der Waals surface area contributed by atoms with Gasteiger partial charge in [0, 0.05) is 36.0 Å². The van der Waals surface area contributed by atoms with E-state index in [-0.39, 0.29) is 0 Å². The molecule has 150 valence electrons. The van der Waals surface area contributed by atoms with Crippen molar-refractivity contribution in [2.45, 2.75) is 6.92 Å². The van der Waals surface area contributed by atoms with E-state index in [1.165, 1.54) is 0 Å². The first-order chi connectivity index (χ1) is 14.6. The quantitative estimate of drug-likeness (QED) is 0.510. The van der Waals surface area contributed by atoms with Crippen LogP contribution < -0.4 is 15.8 Å². The van der Waals surface area contributed by atoms with Gasteiger partial charge in [-0.25, -0.2) is 9.97 Å². The maximum absolute atomic E-state index is 11.9. The molecule has 7 nitrogen and oxygen atoms in total. The minimum atomic E-state index is -0.485. The van der Waals surface area contributed by atoms with Gasteiger partial charge in [-0.05, 0) is 48.4 Å². The normalized spacial score (nSPS) is 10.7. The van der Waals surface area contributed by atoms with Gasteiger partial charge in [-0.2, -0.15) is 0 Å². The lowest BCUT2D eigenvalue weighted by molar-refractivity contribution is 0.100. The molecule has 0 radical (unpaired) electrons. The second-order valence-electron chi connectivity index (χ2n) is 6.60. The Morgan fingerprint density at radius 2 is 1.93 bits per heavy atom. The smallest absolute Gasteiger partial charge is 0.249 e. The first kappa shape index (κ1) is 19.3. The fourth-order valence-corrected chi connectivity index (χ4v) is 3.39. The first-order valence-electron chi connectivity index (χ1n) is 9.58. The Bertz CT molecular complexity index is 1230. The average Bonchev–Trinajstić information content (AvgIpc) is 2.79. The van der Waals surface area contributed by atoms with Crippen LogP contribution in [0.4, 0.5) is 5.82 Å². The van der Waals surface area contributed by atoms with Crippen LogP contribution in [0.2, 0.25) is 0 Å². The summed E-state index contributed by atoms with van der Waals surface area (Å²) in [6.07, 6.45) is 3.43. The summed E-state index contributed by atoms with van der Waals surface area (Å²) in [6, 6.07) is 14.8. The molecule has 7 heteroatoms. The van der Waals surface area contributed by atoms with Crippen molar-refractivity contribution in [3.05, 3.63) is 66.5 Å². The summed E-state index contributed by atoms with van der Waals surface area (Å²) in [4.78, 5) is 25.5. The number of anilines is 1. The molecule has 3 N–H and O–H groups in total. The Morgan fingerprint density at radius 3 is 2.63 bits per heavy atom. The number of carbonyl (C=O) groups is 1. The molecule has 2 heterocycles. The summed E-state index contributed by atoms with van der Waals surface area (Å²) in [5.74, 6) is 1.32. The number of hydrogen-bond donors (Lipinski definition) is 2. The fourth-order valence-electron chi connectivity index (χ4n) is 3.39. The van der Waals surface area contributed by atoms with Crippen LogP contribution in [0.25, 0.3) is 33.4 Å². The Balaban J connectivity index is 2.00. The zero-order valence-electron chi connectivity index (χ0n) is 16.7. The molecular formula is C23H21N5O2. The van der Waals surface area contributed by atoms with Gasteiger partial charge in [0.15, 0.2) is 5.82 Å². The van der Waals surface area contributed by atoms with E-state index in [4.69, 9.17) is 15.5 Å². The SMILES string of the molecule is CCOc1cc(-c2ccccc2C(N)=O)cc2c(NC)nc(-c3cccnc3)nc12. The van der Waals surface area contributed by atoms with Gasteiger partial charge in [0.1, 0.15) is 17.1 Å². The van der Waals surface area contributed by atoms with E-state index in [1.54, 1.807) is 31.6 Å². The second-order valence-corrected chi connectivity index (χ2v) is 6.60. The highest BCUT2D eigenvalue weighted by Crippen LogP contribution is 2.36. The van der Waals surface area contributed by atoms with Crippen molar-refractivity contribution >= 4 is 22.6 Å². The van der Waals surface area contributed by atoms with E-state index in [0.29, 0.717) is 35.1 Å². The van der Waals surface area contributed by atoms with Gasteiger partial charge in [0.05, 0.1) is 6.61 Å². The molecule has 0 saturated carbocycles. The topological polar surface area (TPSA) is 103 Å². The van der Waals surface area contributed by atoms with Crippen molar-refractivity contribution < 1.29 is 9.53 Å². The molecule has 4 aromatic rings. The molecule has 0 aliphatic heterocycles. The molecule has 0 unspecified atom stereocenters. The van der Waals surface area contributed by atoms with Gasteiger partial charge in [-0.1, -0.05) is 18.2 Å². The fraction of sp³-hybridized carbons (Fsp3) is 0.130. The summed E-state index contributed by atoms with van der Waals surface area (Å²) < 4.78 is 5.92. The molecule has 2 aromatic heterocycles. The lowest BCUT2D eigenvalue weighted by atomic mass is 9.97. The second kappa shape index (κ2) is 8.16. The predicted octanol–water partition coefficient (Wildman–Crippen LogP) is 3.90. The summed E-state index contributed by atoms with van der Waals surface area (Å²) in [7, 11) is 1.80. The molecule has 0 aliphatic carbocycles. The number of ether oxygens (including phenoxy) is 1. The minimum Gasteiger partial charge on any atom is -0.492 e. The van der Waals surface area contributed by atoms with Gasteiger partial charge in [-0.15, -0.1) is 0 Å². The Hall–Kier alpha value is -4.00. The third kappa shape index (κ3) is 3.53. The number of nitrogens with one attached hydrogen (secondary N) is 1. The zero-order valence-corrected chi connectivity index (χ0v) is 16.7. The third-order valence-corrected chi connectivity index (χ3v) is 4.73. The summed E-state index contributed by atoms with van der Waals surface area (Å²) in [5.41, 5.74) is 9.04. The number of aromatic nitrogens is 3. The van der Waals surface area contributed by atoms with Gasteiger partial charge < -0.3 is 15.8 Å². The number of nitrogens with two attached hydrogens (primary N) is 1. The molecule has 0 aliphatic rings. The van der Waals surface area contributed by atoms with Crippen LogP contribution in [-0.2, 0) is 0 Å². The van der Waals surface area contributed by atoms with Crippen LogP contribution in [0.3, 0.4) is 0 Å². The Kier molecular flexibility index (Phi) is 5.26. The molecule has 30 heavy (non-hydrogen) atoms. The highest BCUT2D eigenvalue weighted by molar-refractivity contribution is 6.03. The standard InChI is InChI=1S/C23H21N5O2/c1-3-30-19-12-15(16-8-4-5-9-17(16)21(24)29)11-18-20(19)27-22(28-23(18)25-2)14-7-6-10-26-13-14/h4-13H,3H2,1-2H3,(H2,24,29)(H,25,27,28). The number of carbonyl (C=O) groups excluding carboxylic acids is 1. The van der Waals surface area contributed by atoms with E-state index in [1.807, 2.05) is 43.3 Å². The number of amides is 1. The van der Waals surface area contributed by atoms with Crippen molar-refractivity contribution in [1.29, 1.82) is 0 Å². The Morgan fingerprint density at radius 1 is 1.10 bits per heavy atom. The molecular weight excluding hydrogens is 378 g/mol. The summed E-state index contributed by atoms with van der Waals surface area (Å²) in [5, 5.41) is 3.93. The number of rotatable bonds is 6. The van der Waals surface area contributed by atoms with Crippen LogP contribution >= 0.6 is 0 Å². The molecule has 0 saturated heterocycles. The van der Waals surface area contributed by atoms with E-state index >= 15 is 0 Å². The lowest BCUT2D eigenvalue weighted by Gasteiger charge is -2.15. The number of nitrogens with zero attached hydrogens (tertiary/aromatic N) is 3. The van der Waals surface area contributed by atoms with Crippen LogP contribution in [0.15, 0.2) is 60.9 Å². The minimum absolute atomic E-state index is 0.443. The number of primary amides is 1. The van der Waals surface area contributed by atoms with E-state index in [2.05, 4.69) is 15.3 Å². The number of fused-ring (bicyclic) bond motifs is 1. The van der Waals surface area contributed by atoms with Crippen molar-refractivity contribution in [2.75, 3.05) is 19.0 Å². The Labute approximate surface area is 174 Å². The number of pyridine rings is 1. The van der Waals surface area contributed by atoms with Crippen molar-refractivity contribution in [3.8, 4) is 28.3 Å². The van der Waals surface area contributed by atoms with Crippen molar-refractivity contribution in [1.82, 2.24) is 15.0 Å². The van der Waals surface area contributed by atoms with Gasteiger partial charge in [0.25, 0.3) is 0 Å². The third-order valence-electron chi connectivity index (χ3n) is 4.73. The monoisotopic (exact) mass is 399 g/mol. The maximum atomic E-state index is 11.9. The van der Waals surface area contributed by atoms with Crippen LogP contribution in [-0.4, -0.2) is 34.5 Å². The molecule has 0 fully saturated rings. The first-order valence-corrected chi connectivity index (χ1v) is 9.58. The van der Waals surface area contributed by atoms with Crippen molar-refractivity contribution in [2.24, 2.45) is 5.73 Å². The van der Waals surface area contributed by atoms with Gasteiger partial charge >= 0.3 is 0 Å². The molecule has 0 spiro atoms. The molecule has 0 atom stereocenters. The highest BCUT2D eigenvalue weighted by Gasteiger charge is 2.17. The molecule has 0 bridgehead atoms.